The van der Waals surface area contributed by atoms with E-state index in [9.17, 15) is 62.1 Å². The topological polar surface area (TPSA) is 339 Å². The summed E-state index contributed by atoms with van der Waals surface area (Å²) in [4.78, 5) is 14.3. The van der Waals surface area contributed by atoms with Crippen LogP contribution in [0.1, 0.15) is 61.6 Å². The van der Waals surface area contributed by atoms with Gasteiger partial charge in [0.05, 0.1) is 30.7 Å². The van der Waals surface area contributed by atoms with E-state index in [1.54, 1.807) is 24.6 Å². The number of phenolic OH excluding ortho intramolecular Hbond substituents is 2. The quantitative estimate of drug-likeness (QED) is 0.0901. The Morgan fingerprint density at radius 2 is 0.760 bits per heavy atom. The van der Waals surface area contributed by atoms with Gasteiger partial charge in [0.25, 0.3) is 0 Å². The van der Waals surface area contributed by atoms with Gasteiger partial charge in [-0.3, -0.25) is 0 Å². The summed E-state index contributed by atoms with van der Waals surface area (Å²) in [6.07, 6.45) is -2.81. The molecule has 9 rings (SSSR count). The molecule has 0 unspecified atom stereocenters. The monoisotopic (exact) mass is 1210 g/mol. The van der Waals surface area contributed by atoms with Crippen molar-refractivity contribution in [1.82, 2.24) is 19.9 Å². The standard InChI is InChI=1S/C43H34N4O16S8.4Na/c1-20-16-64-40(44-20)42-46-30(18-66-42)15-62-38-26-3-22-7-31(68(50,51)52)9-24(36(22)48)5-28-13-34(71(59,60)61)14-29(39(28)63-35-19-67-43(47-35)41-45-21(2)17-65-41)6-25-10-32(69(53,54)55)8-23(37(25)49)4-27(38)12-33(11-26)70(56,57)58;;;;/h7-14,16-19,48-49H,3-6,15H2,1-2H3,(H,50,51,52)(H,53,54,55)(H,56,57,58)(H,59,60,61);;;;/q;4*+1/p-4. The van der Waals surface area contributed by atoms with Gasteiger partial charge in [0.2, 0.25) is 5.88 Å². The van der Waals surface area contributed by atoms with Crippen LogP contribution >= 0.6 is 45.3 Å². The fourth-order valence-electron chi connectivity index (χ4n) is 7.71. The second kappa shape index (κ2) is 24.9. The van der Waals surface area contributed by atoms with Crippen LogP contribution in [-0.2, 0) is 72.8 Å². The molecule has 8 aromatic rings. The molecule has 4 heterocycles. The molecule has 0 aliphatic heterocycles. The van der Waals surface area contributed by atoms with Gasteiger partial charge in [0, 0.05) is 75.5 Å². The molecule has 2 N–H and O–H groups in total. The summed E-state index contributed by atoms with van der Waals surface area (Å²) >= 11 is 4.95. The van der Waals surface area contributed by atoms with Gasteiger partial charge in [-0.15, -0.1) is 45.3 Å². The summed E-state index contributed by atoms with van der Waals surface area (Å²) in [5, 5.41) is 32.8. The van der Waals surface area contributed by atoms with Gasteiger partial charge in [-0.25, -0.2) is 48.6 Å². The normalized spacial score (nSPS) is 12.6. The predicted molar refractivity (Wildman–Crippen MR) is 252 cm³/mol. The number of nitrogens with zero attached hydrogens (tertiary/aromatic N) is 4. The maximum atomic E-state index is 12.8. The maximum absolute atomic E-state index is 12.8. The molecule has 0 spiro atoms. The molecule has 370 valence electrons. The van der Waals surface area contributed by atoms with Crippen molar-refractivity contribution < 1.29 is 190 Å². The number of rotatable bonds is 11. The molecule has 1 aliphatic rings. The first kappa shape index (κ1) is 64.1. The van der Waals surface area contributed by atoms with Crippen molar-refractivity contribution in [2.45, 2.75) is 65.7 Å². The number of hydrogen-bond acceptors (Lipinski definition) is 24. The zero-order valence-corrected chi connectivity index (χ0v) is 54.7. The zero-order valence-electron chi connectivity index (χ0n) is 40.1. The maximum Gasteiger partial charge on any atom is 1.00 e. The zero-order chi connectivity index (χ0) is 50.9. The number of hydrogen-bond donors (Lipinski definition) is 2. The first-order valence-corrected chi connectivity index (χ1v) is 29.3. The molecule has 0 saturated heterocycles. The third kappa shape index (κ3) is 14.8. The van der Waals surface area contributed by atoms with Crippen LogP contribution in [-0.4, -0.2) is 82.0 Å². The smallest absolute Gasteiger partial charge is 0.744 e. The van der Waals surface area contributed by atoms with Crippen LogP contribution in [0.25, 0.3) is 20.0 Å². The van der Waals surface area contributed by atoms with E-state index in [1.165, 1.54) is 39.4 Å². The number of fused-ring (bicyclic) bond motifs is 8. The summed E-state index contributed by atoms with van der Waals surface area (Å²) in [7, 11) is -21.5. The Morgan fingerprint density at radius 3 is 1.11 bits per heavy atom. The molecule has 4 aromatic heterocycles. The van der Waals surface area contributed by atoms with Gasteiger partial charge < -0.3 is 37.9 Å². The third-order valence-electron chi connectivity index (χ3n) is 10.8. The van der Waals surface area contributed by atoms with E-state index >= 15 is 0 Å². The number of thiazole rings is 4. The largest absolute Gasteiger partial charge is 1.00 e. The van der Waals surface area contributed by atoms with E-state index in [-0.39, 0.29) is 187 Å². The van der Waals surface area contributed by atoms with E-state index in [0.717, 1.165) is 65.6 Å². The molecule has 20 nitrogen and oxygen atoms in total. The summed E-state index contributed by atoms with van der Waals surface area (Å²) in [6, 6.07) is 6.68. The van der Waals surface area contributed by atoms with Gasteiger partial charge >= 0.3 is 118 Å². The van der Waals surface area contributed by atoms with E-state index in [4.69, 9.17) is 9.47 Å². The number of ether oxygens (including phenoxy) is 2. The van der Waals surface area contributed by atoms with E-state index in [0.29, 0.717) is 31.4 Å². The third-order valence-corrected chi connectivity index (χ3v) is 18.0. The fraction of sp³-hybridized carbons (Fsp3) is 0.163. The number of aryl methyl sites for hydroxylation is 2. The van der Waals surface area contributed by atoms with Crippen LogP contribution in [0.5, 0.6) is 28.9 Å². The Kier molecular flexibility index (Phi) is 21.3. The molecule has 0 atom stereocenters. The molecule has 0 radical (unpaired) electrons. The summed E-state index contributed by atoms with van der Waals surface area (Å²) in [6.45, 7) is 3.21. The van der Waals surface area contributed by atoms with Crippen LogP contribution in [0.2, 0.25) is 0 Å². The Labute approximate surface area is 534 Å². The minimum Gasteiger partial charge on any atom is -0.744 e. The number of aromatic nitrogens is 4. The van der Waals surface area contributed by atoms with Crippen LogP contribution in [0.15, 0.2) is 89.6 Å². The number of aromatic hydroxyl groups is 2. The second-order valence-electron chi connectivity index (χ2n) is 16.0. The Hall–Kier alpha value is -1.76. The van der Waals surface area contributed by atoms with Crippen molar-refractivity contribution in [2.24, 2.45) is 0 Å². The SMILES string of the molecule is Cc1csc(-c2nc(COc3c4cc(S(=O)(=O)[O-])cc3Cc3cc(S(=O)(=O)[O-])cc(c3O)Cc3cc(S(=O)(=O)[O-])cc(c3Oc3csc(-c5nc(C)cs5)n3)Cc3cc(S(=O)(=O)[O-])cc(c3O)C4)cs2)n1.[Na+].[Na+].[Na+].[Na+]. The minimum atomic E-state index is -5.39. The van der Waals surface area contributed by atoms with E-state index in [2.05, 4.69) is 19.9 Å². The molecule has 75 heavy (non-hydrogen) atoms. The molecule has 4 aromatic carbocycles. The number of phenols is 2. The molecule has 0 amide bonds. The molecular weight excluding hydrogens is 1180 g/mol. The van der Waals surface area contributed by atoms with E-state index in [1.807, 2.05) is 5.38 Å². The van der Waals surface area contributed by atoms with Crippen LogP contribution in [0, 0.1) is 13.8 Å². The Bertz CT molecular complexity index is 3820. The molecular formula is C43H30N4Na4O16S8. The van der Waals surface area contributed by atoms with Gasteiger partial charge in [0.1, 0.15) is 70.1 Å². The van der Waals surface area contributed by atoms with Crippen molar-refractivity contribution >= 4 is 85.8 Å². The summed E-state index contributed by atoms with van der Waals surface area (Å²) < 4.78 is 166. The van der Waals surface area contributed by atoms with E-state index < -0.39 is 97.2 Å². The number of benzene rings is 4. The molecule has 1 aliphatic carbocycles. The molecule has 32 heteroatoms. The first-order chi connectivity index (χ1) is 33.3. The van der Waals surface area contributed by atoms with Crippen molar-refractivity contribution in [3.63, 3.8) is 0 Å². The van der Waals surface area contributed by atoms with Crippen LogP contribution in [0.4, 0.5) is 0 Å². The van der Waals surface area contributed by atoms with Crippen LogP contribution < -0.4 is 128 Å². The fourth-order valence-corrected chi connectivity index (χ4v) is 13.2. The van der Waals surface area contributed by atoms with Crippen molar-refractivity contribution in [1.29, 1.82) is 0 Å². The molecule has 0 saturated carbocycles. The average Bonchev–Trinajstić information content (AvgIpc) is 4.11. The van der Waals surface area contributed by atoms with Gasteiger partial charge in [-0.1, -0.05) is 0 Å². The second-order valence-corrected chi connectivity index (χ2v) is 24.9. The van der Waals surface area contributed by atoms with Crippen molar-refractivity contribution in [3.8, 4) is 48.9 Å². The van der Waals surface area contributed by atoms with Crippen LogP contribution in [0.3, 0.4) is 0 Å². The summed E-state index contributed by atoms with van der Waals surface area (Å²) in [5.74, 6) is -2.04. The summed E-state index contributed by atoms with van der Waals surface area (Å²) in [5.41, 5.74) is -0.625. The first-order valence-electron chi connectivity index (χ1n) is 20.2. The van der Waals surface area contributed by atoms with Crippen molar-refractivity contribution in [3.05, 3.63) is 132 Å². The molecule has 8 bridgehead atoms. The Morgan fingerprint density at radius 1 is 0.453 bits per heavy atom. The Balaban J connectivity index is 0.00000260. The van der Waals surface area contributed by atoms with Crippen molar-refractivity contribution in [2.75, 3.05) is 0 Å². The average molecular weight is 1210 g/mol. The van der Waals surface area contributed by atoms with Gasteiger partial charge in [-0.2, -0.15) is 4.98 Å². The predicted octanol–water partition coefficient (Wildman–Crippen LogP) is -5.45. The van der Waals surface area contributed by atoms with Gasteiger partial charge in [-0.05, 0) is 84.6 Å². The van der Waals surface area contributed by atoms with Gasteiger partial charge in [0.15, 0.2) is 20.0 Å². The minimum absolute atomic E-state index is 0. The molecule has 0 fully saturated rings.